The Kier molecular flexibility index (Phi) is 5.96. The summed E-state index contributed by atoms with van der Waals surface area (Å²) in [5.41, 5.74) is 4.88. The number of ether oxygens (including phenoxy) is 1. The number of benzene rings is 2. The molecule has 0 saturated carbocycles. The Balaban J connectivity index is 1.80. The Morgan fingerprint density at radius 2 is 1.86 bits per heavy atom. The minimum absolute atomic E-state index is 0.373. The number of halogens is 1. The fourth-order valence-corrected chi connectivity index (χ4v) is 2.94. The largest absolute Gasteiger partial charge is 0.497 e. The maximum absolute atomic E-state index is 12.7. The van der Waals surface area contributed by atoms with Crippen LogP contribution in [0.3, 0.4) is 0 Å². The molecule has 3 N–H and O–H groups in total. The Hall–Kier alpha value is -3.32. The molecule has 28 heavy (non-hydrogen) atoms. The number of carbonyl (C=O) groups excluding carboxylic acids is 2. The molecule has 1 heterocycles. The molecule has 144 valence electrons. The van der Waals surface area contributed by atoms with Gasteiger partial charge in [0.2, 0.25) is 0 Å². The number of rotatable bonds is 5. The number of hydrazone groups is 1. The lowest BCUT2D eigenvalue weighted by Gasteiger charge is -2.28. The van der Waals surface area contributed by atoms with Gasteiger partial charge >= 0.3 is 6.03 Å². The normalized spacial score (nSPS) is 16.5. The summed E-state index contributed by atoms with van der Waals surface area (Å²) in [6, 6.07) is 13.2. The molecule has 3 amide bonds. The van der Waals surface area contributed by atoms with Gasteiger partial charge in [-0.3, -0.25) is 4.79 Å². The highest BCUT2D eigenvalue weighted by Crippen LogP contribution is 2.28. The molecule has 0 fully saturated rings. The number of carbonyl (C=O) groups is 2. The fraction of sp³-hybridized carbons (Fsp3) is 0.150. The van der Waals surface area contributed by atoms with Crippen molar-refractivity contribution in [2.24, 2.45) is 5.10 Å². The molecule has 0 aromatic heterocycles. The maximum Gasteiger partial charge on any atom is 0.319 e. The molecule has 1 aliphatic rings. The number of methoxy groups -OCH3 is 1. The van der Waals surface area contributed by atoms with Gasteiger partial charge in [-0.15, -0.1) is 0 Å². The molecule has 3 rings (SSSR count). The summed E-state index contributed by atoms with van der Waals surface area (Å²) in [5.74, 6) is 0.263. The molecular weight excluding hydrogens is 380 g/mol. The van der Waals surface area contributed by atoms with E-state index in [-0.39, 0.29) is 6.03 Å². The van der Waals surface area contributed by atoms with E-state index in [1.54, 1.807) is 62.6 Å². The summed E-state index contributed by atoms with van der Waals surface area (Å²) in [5, 5.41) is 10.0. The summed E-state index contributed by atoms with van der Waals surface area (Å²) in [7, 11) is 1.57. The summed E-state index contributed by atoms with van der Waals surface area (Å²) in [6.45, 7) is 1.67. The standard InChI is InChI=1S/C20H19ClN4O3/c1-12-17(19(26)25-22-11-13-3-7-15(21)8-4-13)18(24-20(27)23-12)14-5-9-16(28-2)10-6-14/h3-11,18H,1-2H3,(H,25,26)(H2,23,24,27)/t18-/m1/s1. The highest BCUT2D eigenvalue weighted by molar-refractivity contribution is 6.30. The van der Waals surface area contributed by atoms with Gasteiger partial charge in [0, 0.05) is 10.7 Å². The van der Waals surface area contributed by atoms with Crippen molar-refractivity contribution in [3.05, 3.63) is 76.0 Å². The number of nitrogens with zero attached hydrogens (tertiary/aromatic N) is 1. The highest BCUT2D eigenvalue weighted by Gasteiger charge is 2.31. The van der Waals surface area contributed by atoms with Gasteiger partial charge in [-0.1, -0.05) is 35.9 Å². The van der Waals surface area contributed by atoms with Crippen LogP contribution in [-0.2, 0) is 4.79 Å². The second-order valence-electron chi connectivity index (χ2n) is 6.09. The number of hydrogen-bond acceptors (Lipinski definition) is 4. The Morgan fingerprint density at radius 1 is 1.18 bits per heavy atom. The third-order valence-corrected chi connectivity index (χ3v) is 4.46. The van der Waals surface area contributed by atoms with Crippen molar-refractivity contribution >= 4 is 29.8 Å². The molecule has 0 unspecified atom stereocenters. The third kappa shape index (κ3) is 4.50. The molecule has 2 aromatic carbocycles. The van der Waals surface area contributed by atoms with Crippen LogP contribution in [0.25, 0.3) is 0 Å². The average Bonchev–Trinajstić information content (AvgIpc) is 2.69. The number of allylic oxidation sites excluding steroid dienone is 1. The van der Waals surface area contributed by atoms with E-state index in [1.165, 1.54) is 6.21 Å². The van der Waals surface area contributed by atoms with Gasteiger partial charge in [-0.25, -0.2) is 10.2 Å². The highest BCUT2D eigenvalue weighted by atomic mass is 35.5. The first kappa shape index (κ1) is 19.4. The van der Waals surface area contributed by atoms with Gasteiger partial charge in [-0.05, 0) is 42.3 Å². The Labute approximate surface area is 167 Å². The van der Waals surface area contributed by atoms with E-state index in [0.29, 0.717) is 22.0 Å². The molecule has 0 bridgehead atoms. The first-order valence-corrected chi connectivity index (χ1v) is 8.87. The van der Waals surface area contributed by atoms with Crippen LogP contribution in [0.5, 0.6) is 5.75 Å². The zero-order valence-electron chi connectivity index (χ0n) is 15.3. The Morgan fingerprint density at radius 3 is 2.50 bits per heavy atom. The quantitative estimate of drug-likeness (QED) is 0.533. The van der Waals surface area contributed by atoms with E-state index < -0.39 is 11.9 Å². The van der Waals surface area contributed by atoms with Crippen LogP contribution in [0.4, 0.5) is 4.79 Å². The lowest BCUT2D eigenvalue weighted by molar-refractivity contribution is -0.117. The Bertz CT molecular complexity index is 937. The van der Waals surface area contributed by atoms with E-state index in [9.17, 15) is 9.59 Å². The van der Waals surface area contributed by atoms with E-state index in [0.717, 1.165) is 11.1 Å². The molecule has 0 radical (unpaired) electrons. The van der Waals surface area contributed by atoms with Gasteiger partial charge in [0.05, 0.1) is 24.9 Å². The van der Waals surface area contributed by atoms with Crippen LogP contribution in [0.1, 0.15) is 24.1 Å². The predicted octanol–water partition coefficient (Wildman–Crippen LogP) is 3.13. The minimum Gasteiger partial charge on any atom is -0.497 e. The van der Waals surface area contributed by atoms with Gasteiger partial charge in [-0.2, -0.15) is 5.10 Å². The van der Waals surface area contributed by atoms with Crippen LogP contribution >= 0.6 is 11.6 Å². The van der Waals surface area contributed by atoms with Gasteiger partial charge in [0.25, 0.3) is 5.91 Å². The van der Waals surface area contributed by atoms with E-state index >= 15 is 0 Å². The molecule has 0 aliphatic carbocycles. The smallest absolute Gasteiger partial charge is 0.319 e. The van der Waals surface area contributed by atoms with Crippen molar-refractivity contribution in [3.8, 4) is 5.75 Å². The number of nitrogens with one attached hydrogen (secondary N) is 3. The number of urea groups is 1. The SMILES string of the molecule is COc1ccc([C@H]2NC(=O)NC(C)=C2C(=O)NN=Cc2ccc(Cl)cc2)cc1. The topological polar surface area (TPSA) is 91.8 Å². The van der Waals surface area contributed by atoms with E-state index in [2.05, 4.69) is 21.2 Å². The summed E-state index contributed by atoms with van der Waals surface area (Å²) < 4.78 is 5.16. The second kappa shape index (κ2) is 8.58. The van der Waals surface area contributed by atoms with E-state index in [1.807, 2.05) is 0 Å². The zero-order chi connectivity index (χ0) is 20.1. The van der Waals surface area contributed by atoms with Gasteiger partial charge in [0.15, 0.2) is 0 Å². The lowest BCUT2D eigenvalue weighted by atomic mass is 9.95. The molecule has 8 heteroatoms. The maximum atomic E-state index is 12.7. The van der Waals surface area contributed by atoms with Crippen molar-refractivity contribution in [1.82, 2.24) is 16.1 Å². The number of amides is 3. The van der Waals surface area contributed by atoms with Crippen LogP contribution in [0, 0.1) is 0 Å². The molecule has 2 aromatic rings. The zero-order valence-corrected chi connectivity index (χ0v) is 16.1. The monoisotopic (exact) mass is 398 g/mol. The van der Waals surface area contributed by atoms with Crippen LogP contribution in [0.15, 0.2) is 64.9 Å². The molecule has 7 nitrogen and oxygen atoms in total. The molecule has 1 atom stereocenters. The van der Waals surface area contributed by atoms with E-state index in [4.69, 9.17) is 16.3 Å². The molecule has 0 spiro atoms. The van der Waals surface area contributed by atoms with Gasteiger partial charge in [0.1, 0.15) is 5.75 Å². The first-order valence-electron chi connectivity index (χ1n) is 8.49. The van der Waals surface area contributed by atoms with Crippen molar-refractivity contribution in [3.63, 3.8) is 0 Å². The van der Waals surface area contributed by atoms with Crippen LogP contribution in [0.2, 0.25) is 5.02 Å². The van der Waals surface area contributed by atoms with Crippen molar-refractivity contribution in [2.75, 3.05) is 7.11 Å². The van der Waals surface area contributed by atoms with Crippen molar-refractivity contribution in [1.29, 1.82) is 0 Å². The fourth-order valence-electron chi connectivity index (χ4n) is 2.82. The van der Waals surface area contributed by atoms with Crippen LogP contribution in [-0.4, -0.2) is 25.3 Å². The number of hydrogen-bond donors (Lipinski definition) is 3. The van der Waals surface area contributed by atoms with Crippen molar-refractivity contribution in [2.45, 2.75) is 13.0 Å². The summed E-state index contributed by atoms with van der Waals surface area (Å²) in [4.78, 5) is 24.7. The van der Waals surface area contributed by atoms with Crippen LogP contribution < -0.4 is 20.8 Å². The predicted molar refractivity (Wildman–Crippen MR) is 107 cm³/mol. The summed E-state index contributed by atoms with van der Waals surface area (Å²) in [6.07, 6.45) is 1.52. The third-order valence-electron chi connectivity index (χ3n) is 4.21. The van der Waals surface area contributed by atoms with Crippen molar-refractivity contribution < 1.29 is 14.3 Å². The van der Waals surface area contributed by atoms with Gasteiger partial charge < -0.3 is 15.4 Å². The summed E-state index contributed by atoms with van der Waals surface area (Å²) >= 11 is 5.85. The lowest BCUT2D eigenvalue weighted by Crippen LogP contribution is -2.46. The second-order valence-corrected chi connectivity index (χ2v) is 6.53. The molecular formula is C20H19ClN4O3. The average molecular weight is 399 g/mol. The first-order chi connectivity index (χ1) is 13.5. The minimum atomic E-state index is -0.606. The molecule has 0 saturated heterocycles. The molecule has 1 aliphatic heterocycles.